The first-order valence-electron chi connectivity index (χ1n) is 4.26. The lowest BCUT2D eigenvalue weighted by molar-refractivity contribution is -0.144. The molecule has 1 aliphatic heterocycles. The molecule has 0 aromatic carbocycles. The average Bonchev–Trinajstić information content (AvgIpc) is 2.03. The van der Waals surface area contributed by atoms with Crippen molar-refractivity contribution >= 4 is 29.4 Å². The van der Waals surface area contributed by atoms with Crippen LogP contribution in [0.2, 0.25) is 0 Å². The molecule has 1 atom stereocenters. The predicted octanol–water partition coefficient (Wildman–Crippen LogP) is 0.376. The van der Waals surface area contributed by atoms with Crippen LogP contribution in [-0.4, -0.2) is 23.2 Å². The van der Waals surface area contributed by atoms with Gasteiger partial charge in [0, 0.05) is 0 Å². The van der Waals surface area contributed by atoms with Gasteiger partial charge in [0.2, 0.25) is 11.8 Å². The summed E-state index contributed by atoms with van der Waals surface area (Å²) in [7, 11) is 0. The molecule has 5 nitrogen and oxygen atoms in total. The molecule has 1 saturated heterocycles. The van der Waals surface area contributed by atoms with Gasteiger partial charge in [0.1, 0.15) is 5.41 Å². The van der Waals surface area contributed by atoms with Crippen LogP contribution in [0.4, 0.5) is 4.79 Å². The molecular weight excluding hydrogens is 208 g/mol. The fourth-order valence-corrected chi connectivity index (χ4v) is 1.88. The minimum atomic E-state index is -1.34. The van der Waals surface area contributed by atoms with Crippen molar-refractivity contribution in [3.63, 3.8) is 0 Å². The quantitative estimate of drug-likeness (QED) is 0.520. The Kier molecular flexibility index (Phi) is 2.80. The summed E-state index contributed by atoms with van der Waals surface area (Å²) in [6, 6.07) is -0.790. The lowest BCUT2D eigenvalue weighted by Crippen LogP contribution is -2.64. The molecule has 0 saturated carbocycles. The fourth-order valence-electron chi connectivity index (χ4n) is 1.53. The standard InChI is InChI=1S/C8H11ClN2O3/c1-3-8(4(2)9)5(12)10-7(14)11-6(8)13/h4H,3H2,1-2H3,(H2,10,11,12,13,14). The molecule has 1 heterocycles. The zero-order valence-corrected chi connectivity index (χ0v) is 8.64. The third kappa shape index (κ3) is 1.37. The number of nitrogens with one attached hydrogen (secondary N) is 2. The van der Waals surface area contributed by atoms with Crippen molar-refractivity contribution in [2.45, 2.75) is 25.6 Å². The van der Waals surface area contributed by atoms with Crippen LogP contribution in [0.25, 0.3) is 0 Å². The van der Waals surface area contributed by atoms with Crippen molar-refractivity contribution in [2.24, 2.45) is 5.41 Å². The number of alkyl halides is 1. The molecule has 14 heavy (non-hydrogen) atoms. The highest BCUT2D eigenvalue weighted by Crippen LogP contribution is 2.32. The summed E-state index contributed by atoms with van der Waals surface area (Å²) < 4.78 is 0. The molecule has 1 aliphatic rings. The van der Waals surface area contributed by atoms with Crippen LogP contribution in [-0.2, 0) is 9.59 Å². The van der Waals surface area contributed by atoms with Gasteiger partial charge in [0.25, 0.3) is 0 Å². The molecule has 0 aliphatic carbocycles. The molecule has 0 spiro atoms. The van der Waals surface area contributed by atoms with Crippen LogP contribution in [0, 0.1) is 5.41 Å². The topological polar surface area (TPSA) is 75.3 Å². The SMILES string of the molecule is CCC1(C(C)Cl)C(=O)NC(=O)NC1=O. The number of hydrogen-bond donors (Lipinski definition) is 2. The van der Waals surface area contributed by atoms with Gasteiger partial charge in [-0.25, -0.2) is 4.79 Å². The van der Waals surface area contributed by atoms with Gasteiger partial charge in [-0.2, -0.15) is 0 Å². The van der Waals surface area contributed by atoms with Gasteiger partial charge in [0.15, 0.2) is 0 Å². The molecule has 1 unspecified atom stereocenters. The second-order valence-electron chi connectivity index (χ2n) is 3.18. The zero-order chi connectivity index (χ0) is 10.9. The van der Waals surface area contributed by atoms with E-state index in [0.717, 1.165) is 0 Å². The summed E-state index contributed by atoms with van der Waals surface area (Å²) in [5.74, 6) is -1.26. The molecule has 6 heteroatoms. The minimum absolute atomic E-state index is 0.253. The molecule has 1 fully saturated rings. The third-order valence-electron chi connectivity index (χ3n) is 2.50. The van der Waals surface area contributed by atoms with Gasteiger partial charge in [0.05, 0.1) is 5.38 Å². The Morgan fingerprint density at radius 3 is 2.00 bits per heavy atom. The van der Waals surface area contributed by atoms with Crippen LogP contribution < -0.4 is 10.6 Å². The lowest BCUT2D eigenvalue weighted by Gasteiger charge is -2.34. The average molecular weight is 219 g/mol. The molecule has 2 N–H and O–H groups in total. The van der Waals surface area contributed by atoms with Crippen molar-refractivity contribution in [1.29, 1.82) is 0 Å². The number of carbonyl (C=O) groups is 3. The van der Waals surface area contributed by atoms with Gasteiger partial charge in [-0.3, -0.25) is 20.2 Å². The summed E-state index contributed by atoms with van der Waals surface area (Å²) in [6.45, 7) is 3.23. The van der Waals surface area contributed by atoms with Gasteiger partial charge in [-0.1, -0.05) is 6.92 Å². The van der Waals surface area contributed by atoms with Crippen LogP contribution >= 0.6 is 11.6 Å². The maximum Gasteiger partial charge on any atom is 0.328 e. The van der Waals surface area contributed by atoms with E-state index in [4.69, 9.17) is 11.6 Å². The Hall–Kier alpha value is -1.10. The Morgan fingerprint density at radius 2 is 1.71 bits per heavy atom. The first kappa shape index (κ1) is 11.0. The first-order chi connectivity index (χ1) is 6.45. The number of barbiturate groups is 1. The van der Waals surface area contributed by atoms with E-state index in [0.29, 0.717) is 0 Å². The highest BCUT2D eigenvalue weighted by Gasteiger charge is 2.52. The molecule has 1 rings (SSSR count). The van der Waals surface area contributed by atoms with Crippen molar-refractivity contribution in [1.82, 2.24) is 10.6 Å². The predicted molar refractivity (Wildman–Crippen MR) is 49.7 cm³/mol. The second-order valence-corrected chi connectivity index (χ2v) is 3.83. The summed E-state index contributed by atoms with van der Waals surface area (Å²) in [4.78, 5) is 33.9. The van der Waals surface area contributed by atoms with E-state index in [1.165, 1.54) is 0 Å². The normalized spacial score (nSPS) is 22.6. The number of amides is 4. The van der Waals surface area contributed by atoms with Crippen LogP contribution in [0.5, 0.6) is 0 Å². The van der Waals surface area contributed by atoms with E-state index < -0.39 is 28.6 Å². The molecular formula is C8H11ClN2O3. The van der Waals surface area contributed by atoms with Gasteiger partial charge >= 0.3 is 6.03 Å². The Morgan fingerprint density at radius 1 is 1.29 bits per heavy atom. The van der Waals surface area contributed by atoms with Crippen molar-refractivity contribution in [3.05, 3.63) is 0 Å². The lowest BCUT2D eigenvalue weighted by atomic mass is 9.79. The molecule has 0 bridgehead atoms. The highest BCUT2D eigenvalue weighted by atomic mass is 35.5. The van der Waals surface area contributed by atoms with Crippen LogP contribution in [0.1, 0.15) is 20.3 Å². The van der Waals surface area contributed by atoms with E-state index in [1.54, 1.807) is 13.8 Å². The molecule has 0 aromatic rings. The summed E-state index contributed by atoms with van der Waals surface area (Å²) in [5.41, 5.74) is -1.34. The Bertz CT molecular complexity index is 281. The van der Waals surface area contributed by atoms with E-state index in [9.17, 15) is 14.4 Å². The largest absolute Gasteiger partial charge is 0.328 e. The van der Waals surface area contributed by atoms with E-state index in [-0.39, 0.29) is 6.42 Å². The van der Waals surface area contributed by atoms with Crippen molar-refractivity contribution < 1.29 is 14.4 Å². The smallest absolute Gasteiger partial charge is 0.277 e. The van der Waals surface area contributed by atoms with Crippen molar-refractivity contribution in [2.75, 3.05) is 0 Å². The summed E-state index contributed by atoms with van der Waals surface area (Å²) in [5, 5.41) is 3.41. The third-order valence-corrected chi connectivity index (χ3v) is 2.87. The Balaban J connectivity index is 3.11. The summed E-state index contributed by atoms with van der Waals surface area (Å²) in [6.07, 6.45) is 0.253. The maximum atomic E-state index is 11.5. The monoisotopic (exact) mass is 218 g/mol. The van der Waals surface area contributed by atoms with Gasteiger partial charge < -0.3 is 0 Å². The highest BCUT2D eigenvalue weighted by molar-refractivity contribution is 6.29. The number of imide groups is 2. The Labute approximate surface area is 86.2 Å². The molecule has 4 amide bonds. The summed E-state index contributed by atoms with van der Waals surface area (Å²) >= 11 is 5.82. The molecule has 0 radical (unpaired) electrons. The zero-order valence-electron chi connectivity index (χ0n) is 7.89. The van der Waals surface area contributed by atoms with E-state index in [1.807, 2.05) is 10.6 Å². The van der Waals surface area contributed by atoms with Crippen LogP contribution in [0.15, 0.2) is 0 Å². The van der Waals surface area contributed by atoms with Crippen LogP contribution in [0.3, 0.4) is 0 Å². The van der Waals surface area contributed by atoms with E-state index in [2.05, 4.69) is 0 Å². The number of halogens is 1. The number of hydrogen-bond acceptors (Lipinski definition) is 3. The maximum absolute atomic E-state index is 11.5. The molecule has 78 valence electrons. The van der Waals surface area contributed by atoms with Gasteiger partial charge in [-0.15, -0.1) is 11.6 Å². The molecule has 0 aromatic heterocycles. The fraction of sp³-hybridized carbons (Fsp3) is 0.625. The van der Waals surface area contributed by atoms with E-state index >= 15 is 0 Å². The number of rotatable bonds is 2. The first-order valence-corrected chi connectivity index (χ1v) is 4.69. The minimum Gasteiger partial charge on any atom is -0.277 e. The number of carbonyl (C=O) groups excluding carboxylic acids is 3. The van der Waals surface area contributed by atoms with Gasteiger partial charge in [-0.05, 0) is 13.3 Å². The second kappa shape index (κ2) is 3.57. The van der Waals surface area contributed by atoms with Crippen molar-refractivity contribution in [3.8, 4) is 0 Å². The number of urea groups is 1.